The third-order valence-electron chi connectivity index (χ3n) is 6.04. The summed E-state index contributed by atoms with van der Waals surface area (Å²) >= 11 is 5.28. The molecule has 0 unspecified atom stereocenters. The van der Waals surface area contributed by atoms with Gasteiger partial charge in [0.05, 0.1) is 6.42 Å². The number of fused-ring (bicyclic) bond motifs is 1. The van der Waals surface area contributed by atoms with Crippen molar-refractivity contribution in [1.82, 2.24) is 21.1 Å². The predicted octanol–water partition coefficient (Wildman–Crippen LogP) is 1.92. The van der Waals surface area contributed by atoms with Gasteiger partial charge in [-0.3, -0.25) is 30.1 Å². The van der Waals surface area contributed by atoms with E-state index in [0.29, 0.717) is 28.6 Å². The summed E-state index contributed by atoms with van der Waals surface area (Å²) in [5.74, 6) is 0.183. The fourth-order valence-electron chi connectivity index (χ4n) is 4.02. The number of benzene rings is 1. The molecule has 0 aromatic heterocycles. The molecule has 1 aliphatic heterocycles. The van der Waals surface area contributed by atoms with Gasteiger partial charge in [0.2, 0.25) is 11.8 Å². The minimum Gasteiger partial charge on any atom is -0.358 e. The van der Waals surface area contributed by atoms with Crippen LogP contribution in [0.5, 0.6) is 0 Å². The molecule has 1 aliphatic carbocycles. The molecule has 0 spiro atoms. The third kappa shape index (κ3) is 5.12. The molecule has 1 saturated carbocycles. The highest BCUT2D eigenvalue weighted by Gasteiger charge is 2.31. The van der Waals surface area contributed by atoms with E-state index >= 15 is 0 Å². The first-order valence-corrected chi connectivity index (χ1v) is 10.6. The van der Waals surface area contributed by atoms with Crippen LogP contribution in [0.3, 0.4) is 0 Å². The zero-order chi connectivity index (χ0) is 21.0. The SMILES string of the molecule is C[C@@H]1[C@H](C)CCC[C@@H]1NC(=S)NNC(=O)CCN1C(=O)Cc2ccccc2C1=O. The maximum absolute atomic E-state index is 12.5. The van der Waals surface area contributed by atoms with Gasteiger partial charge in [0, 0.05) is 24.6 Å². The Balaban J connectivity index is 1.44. The number of rotatable bonds is 4. The van der Waals surface area contributed by atoms with Gasteiger partial charge in [0.25, 0.3) is 5.91 Å². The molecule has 0 bridgehead atoms. The Hall–Kier alpha value is -2.48. The zero-order valence-corrected chi connectivity index (χ0v) is 17.7. The van der Waals surface area contributed by atoms with Crippen LogP contribution in [0.25, 0.3) is 0 Å². The zero-order valence-electron chi connectivity index (χ0n) is 16.9. The summed E-state index contributed by atoms with van der Waals surface area (Å²) in [6, 6.07) is 7.35. The second-order valence-corrected chi connectivity index (χ2v) is 8.36. The Morgan fingerprint density at radius 1 is 1.17 bits per heavy atom. The topological polar surface area (TPSA) is 90.5 Å². The maximum Gasteiger partial charge on any atom is 0.260 e. The smallest absolute Gasteiger partial charge is 0.260 e. The third-order valence-corrected chi connectivity index (χ3v) is 6.26. The first kappa shape index (κ1) is 21.2. The number of carbonyl (C=O) groups is 3. The van der Waals surface area contributed by atoms with E-state index in [-0.39, 0.29) is 37.1 Å². The molecule has 1 fully saturated rings. The lowest BCUT2D eigenvalue weighted by atomic mass is 9.78. The van der Waals surface area contributed by atoms with E-state index < -0.39 is 0 Å². The Morgan fingerprint density at radius 3 is 2.72 bits per heavy atom. The summed E-state index contributed by atoms with van der Waals surface area (Å²) in [6.07, 6.45) is 3.63. The fourth-order valence-corrected chi connectivity index (χ4v) is 4.22. The Bertz CT molecular complexity index is 813. The Kier molecular flexibility index (Phi) is 6.84. The van der Waals surface area contributed by atoms with E-state index in [1.807, 2.05) is 0 Å². The molecule has 156 valence electrons. The van der Waals surface area contributed by atoms with Crippen LogP contribution in [0.1, 0.15) is 55.5 Å². The summed E-state index contributed by atoms with van der Waals surface area (Å²) in [6.45, 7) is 4.50. The summed E-state index contributed by atoms with van der Waals surface area (Å²) in [4.78, 5) is 38.1. The summed E-state index contributed by atoms with van der Waals surface area (Å²) < 4.78 is 0. The van der Waals surface area contributed by atoms with Crippen molar-refractivity contribution in [1.29, 1.82) is 0 Å². The molecule has 3 N–H and O–H groups in total. The number of nitrogens with one attached hydrogen (secondary N) is 3. The monoisotopic (exact) mass is 416 g/mol. The summed E-state index contributed by atoms with van der Waals surface area (Å²) in [7, 11) is 0. The molecule has 3 rings (SSSR count). The van der Waals surface area contributed by atoms with Crippen LogP contribution in [0.4, 0.5) is 0 Å². The molecule has 1 heterocycles. The number of carbonyl (C=O) groups excluding carboxylic acids is 3. The van der Waals surface area contributed by atoms with Gasteiger partial charge in [-0.1, -0.05) is 44.9 Å². The lowest BCUT2D eigenvalue weighted by molar-refractivity contribution is -0.129. The van der Waals surface area contributed by atoms with Gasteiger partial charge in [-0.15, -0.1) is 0 Å². The quantitative estimate of drug-likeness (QED) is 0.395. The number of hydrogen-bond acceptors (Lipinski definition) is 4. The highest BCUT2D eigenvalue weighted by Crippen LogP contribution is 2.29. The van der Waals surface area contributed by atoms with Crippen molar-refractivity contribution in [3.63, 3.8) is 0 Å². The Labute approximate surface area is 176 Å². The highest BCUT2D eigenvalue weighted by molar-refractivity contribution is 7.80. The molecule has 7 nitrogen and oxygen atoms in total. The molecule has 8 heteroatoms. The molecular weight excluding hydrogens is 388 g/mol. The highest BCUT2D eigenvalue weighted by atomic mass is 32.1. The van der Waals surface area contributed by atoms with Gasteiger partial charge in [-0.05, 0) is 42.1 Å². The van der Waals surface area contributed by atoms with E-state index in [2.05, 4.69) is 30.0 Å². The van der Waals surface area contributed by atoms with Crippen LogP contribution < -0.4 is 16.2 Å². The minimum atomic E-state index is -0.352. The number of amides is 3. The standard InChI is InChI=1S/C21H28N4O3S/c1-13-6-5-9-17(14(13)2)22-21(29)24-23-18(26)10-11-25-19(27)12-15-7-3-4-8-16(15)20(25)28/h3-4,7-8,13-14,17H,5-6,9-12H2,1-2H3,(H,23,26)(H2,22,24,29)/t13-,14-,17+/m1/s1. The first-order valence-electron chi connectivity index (χ1n) is 10.1. The number of thiocarbonyl (C=S) groups is 1. The van der Waals surface area contributed by atoms with Crippen LogP contribution in [0.15, 0.2) is 24.3 Å². The van der Waals surface area contributed by atoms with Crippen molar-refractivity contribution in [2.75, 3.05) is 6.54 Å². The molecule has 3 atom stereocenters. The minimum absolute atomic E-state index is 0.00608. The number of hydrogen-bond donors (Lipinski definition) is 3. The summed E-state index contributed by atoms with van der Waals surface area (Å²) in [5, 5.41) is 3.65. The molecular formula is C21H28N4O3S. The predicted molar refractivity (Wildman–Crippen MR) is 114 cm³/mol. The molecule has 1 aromatic rings. The van der Waals surface area contributed by atoms with Crippen LogP contribution >= 0.6 is 12.2 Å². The largest absolute Gasteiger partial charge is 0.358 e. The van der Waals surface area contributed by atoms with Gasteiger partial charge in [0.15, 0.2) is 5.11 Å². The molecule has 1 aromatic carbocycles. The van der Waals surface area contributed by atoms with E-state index in [4.69, 9.17) is 12.2 Å². The van der Waals surface area contributed by atoms with Gasteiger partial charge >= 0.3 is 0 Å². The van der Waals surface area contributed by atoms with Gasteiger partial charge in [-0.25, -0.2) is 0 Å². The van der Waals surface area contributed by atoms with Crippen LogP contribution in [0, 0.1) is 11.8 Å². The second-order valence-electron chi connectivity index (χ2n) is 7.95. The normalized spacial score (nSPS) is 23.9. The van der Waals surface area contributed by atoms with E-state index in [9.17, 15) is 14.4 Å². The van der Waals surface area contributed by atoms with E-state index in [1.165, 1.54) is 12.8 Å². The lowest BCUT2D eigenvalue weighted by Crippen LogP contribution is -2.53. The summed E-state index contributed by atoms with van der Waals surface area (Å²) in [5.41, 5.74) is 6.52. The van der Waals surface area contributed by atoms with Crippen LogP contribution in [-0.2, 0) is 16.0 Å². The second kappa shape index (κ2) is 9.35. The average molecular weight is 417 g/mol. The van der Waals surface area contributed by atoms with Crippen molar-refractivity contribution in [2.24, 2.45) is 11.8 Å². The first-order chi connectivity index (χ1) is 13.9. The number of hydrazine groups is 1. The van der Waals surface area contributed by atoms with Crippen LogP contribution in [-0.4, -0.2) is 40.3 Å². The molecule has 0 saturated heterocycles. The fraction of sp³-hybridized carbons (Fsp3) is 0.524. The molecule has 2 aliphatic rings. The van der Waals surface area contributed by atoms with Crippen LogP contribution in [0.2, 0.25) is 0 Å². The molecule has 3 amide bonds. The number of imide groups is 1. The van der Waals surface area contributed by atoms with Gasteiger partial charge < -0.3 is 5.32 Å². The van der Waals surface area contributed by atoms with E-state index in [1.54, 1.807) is 24.3 Å². The lowest BCUT2D eigenvalue weighted by Gasteiger charge is -2.35. The number of nitrogens with zero attached hydrogens (tertiary/aromatic N) is 1. The maximum atomic E-state index is 12.5. The van der Waals surface area contributed by atoms with Crippen molar-refractivity contribution >= 4 is 35.1 Å². The van der Waals surface area contributed by atoms with Crippen molar-refractivity contribution in [3.05, 3.63) is 35.4 Å². The van der Waals surface area contributed by atoms with Crippen molar-refractivity contribution in [2.45, 2.75) is 52.0 Å². The van der Waals surface area contributed by atoms with Crippen molar-refractivity contribution in [3.8, 4) is 0 Å². The van der Waals surface area contributed by atoms with Gasteiger partial charge in [0.1, 0.15) is 0 Å². The Morgan fingerprint density at radius 2 is 1.93 bits per heavy atom. The average Bonchev–Trinajstić information content (AvgIpc) is 2.69. The molecule has 29 heavy (non-hydrogen) atoms. The molecule has 0 radical (unpaired) electrons. The van der Waals surface area contributed by atoms with Crippen molar-refractivity contribution < 1.29 is 14.4 Å². The van der Waals surface area contributed by atoms with E-state index in [0.717, 1.165) is 16.9 Å². The van der Waals surface area contributed by atoms with Gasteiger partial charge in [-0.2, -0.15) is 0 Å².